The van der Waals surface area contributed by atoms with Crippen molar-refractivity contribution in [3.8, 4) is 0 Å². The van der Waals surface area contributed by atoms with Crippen LogP contribution in [0.2, 0.25) is 0 Å². The minimum absolute atomic E-state index is 0.0371. The van der Waals surface area contributed by atoms with E-state index in [-0.39, 0.29) is 17.4 Å². The number of carbonyl (C=O) groups excluding carboxylic acids is 1. The van der Waals surface area contributed by atoms with E-state index in [0.717, 1.165) is 56.9 Å². The van der Waals surface area contributed by atoms with Crippen molar-refractivity contribution in [1.29, 1.82) is 0 Å². The zero-order valence-corrected chi connectivity index (χ0v) is 16.7. The number of aromatic nitrogens is 2. The molecule has 0 spiro atoms. The molecular weight excluding hydrogens is 350 g/mol. The monoisotopic (exact) mass is 379 g/mol. The van der Waals surface area contributed by atoms with Crippen LogP contribution in [0.25, 0.3) is 0 Å². The van der Waals surface area contributed by atoms with Gasteiger partial charge < -0.3 is 15.1 Å². The number of amides is 1. The first-order valence-corrected chi connectivity index (χ1v) is 10.5. The molecule has 2 unspecified atom stereocenters. The van der Waals surface area contributed by atoms with Crippen molar-refractivity contribution >= 4 is 5.91 Å². The summed E-state index contributed by atoms with van der Waals surface area (Å²) in [6.07, 6.45) is 0.857. The smallest absolute Gasteiger partial charge is 0.272 e. The number of piperidine rings is 2. The number of aromatic amines is 1. The van der Waals surface area contributed by atoms with Crippen LogP contribution < -0.4 is 5.32 Å². The highest BCUT2D eigenvalue weighted by atomic mass is 16.2. The maximum absolute atomic E-state index is 13.2. The first-order chi connectivity index (χ1) is 13.6. The van der Waals surface area contributed by atoms with Gasteiger partial charge in [-0.3, -0.25) is 9.89 Å². The lowest BCUT2D eigenvalue weighted by Gasteiger charge is -2.55. The van der Waals surface area contributed by atoms with E-state index < -0.39 is 0 Å². The zero-order chi connectivity index (χ0) is 19.3. The van der Waals surface area contributed by atoms with Gasteiger partial charge in [-0.05, 0) is 18.9 Å². The van der Waals surface area contributed by atoms with Gasteiger partial charge in [0, 0.05) is 67.9 Å². The van der Waals surface area contributed by atoms with Crippen molar-refractivity contribution < 1.29 is 4.79 Å². The molecule has 4 aliphatic rings. The van der Waals surface area contributed by atoms with Gasteiger partial charge in [0.15, 0.2) is 5.69 Å². The molecule has 4 aliphatic heterocycles. The Labute approximate surface area is 166 Å². The highest BCUT2D eigenvalue weighted by molar-refractivity contribution is 5.94. The molecular formula is C22H29N5O. The lowest BCUT2D eigenvalue weighted by molar-refractivity contribution is 0.0179. The fourth-order valence-corrected chi connectivity index (χ4v) is 5.78. The third-order valence-electron chi connectivity index (χ3n) is 7.11. The molecule has 148 valence electrons. The van der Waals surface area contributed by atoms with E-state index in [0.29, 0.717) is 11.6 Å². The molecule has 0 aliphatic carbocycles. The third kappa shape index (κ3) is 2.70. The topological polar surface area (TPSA) is 64.3 Å². The third-order valence-corrected chi connectivity index (χ3v) is 7.11. The second kappa shape index (κ2) is 6.71. The number of benzene rings is 1. The summed E-state index contributed by atoms with van der Waals surface area (Å²) in [5.74, 6) is 0.406. The summed E-state index contributed by atoms with van der Waals surface area (Å²) in [5, 5.41) is 10.8. The number of hydrogen-bond donors (Lipinski definition) is 2. The summed E-state index contributed by atoms with van der Waals surface area (Å²) in [6, 6.07) is 10.9. The fourth-order valence-electron chi connectivity index (χ4n) is 5.78. The van der Waals surface area contributed by atoms with Gasteiger partial charge in [0.1, 0.15) is 0 Å². The SMILES string of the molecule is CCc1[nH]nc(C(=O)N[C@H]2C3CN4CCN(C3)CC2(c2ccccc2)C4)c1C. The molecule has 1 amide bonds. The number of rotatable bonds is 4. The quantitative estimate of drug-likeness (QED) is 0.847. The van der Waals surface area contributed by atoms with Crippen LogP contribution in [0.1, 0.15) is 34.2 Å². The number of nitrogens with one attached hydrogen (secondary N) is 2. The van der Waals surface area contributed by atoms with E-state index in [2.05, 4.69) is 62.6 Å². The van der Waals surface area contributed by atoms with Crippen LogP contribution in [0.5, 0.6) is 0 Å². The first kappa shape index (κ1) is 17.9. The number of aryl methyl sites for hydroxylation is 1. The highest BCUT2D eigenvalue weighted by Crippen LogP contribution is 2.43. The van der Waals surface area contributed by atoms with E-state index >= 15 is 0 Å². The van der Waals surface area contributed by atoms with Crippen molar-refractivity contribution in [2.45, 2.75) is 31.7 Å². The van der Waals surface area contributed by atoms with E-state index in [9.17, 15) is 4.79 Å². The van der Waals surface area contributed by atoms with Gasteiger partial charge >= 0.3 is 0 Å². The highest BCUT2D eigenvalue weighted by Gasteiger charge is 2.55. The molecule has 5 heterocycles. The Bertz CT molecular complexity index is 860. The summed E-state index contributed by atoms with van der Waals surface area (Å²) in [5.41, 5.74) is 3.85. The molecule has 0 saturated carbocycles. The van der Waals surface area contributed by atoms with Crippen LogP contribution in [-0.2, 0) is 11.8 Å². The second-order valence-corrected chi connectivity index (χ2v) is 8.73. The van der Waals surface area contributed by atoms with E-state index in [1.165, 1.54) is 5.56 Å². The van der Waals surface area contributed by atoms with Gasteiger partial charge in [-0.2, -0.15) is 5.10 Å². The van der Waals surface area contributed by atoms with Crippen LogP contribution in [0.4, 0.5) is 0 Å². The zero-order valence-electron chi connectivity index (χ0n) is 16.7. The summed E-state index contributed by atoms with van der Waals surface area (Å²) >= 11 is 0. The van der Waals surface area contributed by atoms with Crippen molar-refractivity contribution in [1.82, 2.24) is 25.3 Å². The largest absolute Gasteiger partial charge is 0.347 e. The molecule has 6 rings (SSSR count). The molecule has 4 bridgehead atoms. The Hall–Kier alpha value is -2.18. The van der Waals surface area contributed by atoms with Gasteiger partial charge in [0.05, 0.1) is 0 Å². The number of carbonyl (C=O) groups is 1. The number of nitrogens with zero attached hydrogens (tertiary/aromatic N) is 3. The van der Waals surface area contributed by atoms with Gasteiger partial charge in [-0.25, -0.2) is 0 Å². The fraction of sp³-hybridized carbons (Fsp3) is 0.545. The number of hydrogen-bond acceptors (Lipinski definition) is 4. The minimum atomic E-state index is -0.0631. The summed E-state index contributed by atoms with van der Waals surface area (Å²) in [7, 11) is 0. The summed E-state index contributed by atoms with van der Waals surface area (Å²) in [6.45, 7) is 10.5. The number of fused-ring (bicyclic) bond motifs is 1. The number of H-pyrrole nitrogens is 1. The van der Waals surface area contributed by atoms with Crippen LogP contribution in [-0.4, -0.2) is 71.2 Å². The van der Waals surface area contributed by atoms with Crippen molar-refractivity contribution in [3.05, 3.63) is 52.8 Å². The van der Waals surface area contributed by atoms with Crippen molar-refractivity contribution in [2.24, 2.45) is 5.92 Å². The van der Waals surface area contributed by atoms with Crippen LogP contribution in [0.15, 0.2) is 30.3 Å². The Balaban J connectivity index is 1.52. The van der Waals surface area contributed by atoms with Gasteiger partial charge in [0.25, 0.3) is 5.91 Å². The minimum Gasteiger partial charge on any atom is -0.347 e. The maximum Gasteiger partial charge on any atom is 0.272 e. The average Bonchev–Trinajstić information content (AvgIpc) is 2.90. The summed E-state index contributed by atoms with van der Waals surface area (Å²) < 4.78 is 0. The average molecular weight is 380 g/mol. The lowest BCUT2D eigenvalue weighted by atomic mass is 9.64. The predicted molar refractivity (Wildman–Crippen MR) is 108 cm³/mol. The first-order valence-electron chi connectivity index (χ1n) is 10.5. The van der Waals surface area contributed by atoms with E-state index in [1.807, 2.05) is 6.92 Å². The molecule has 2 N–H and O–H groups in total. The Morgan fingerprint density at radius 3 is 2.50 bits per heavy atom. The van der Waals surface area contributed by atoms with E-state index in [1.54, 1.807) is 0 Å². The second-order valence-electron chi connectivity index (χ2n) is 8.73. The predicted octanol–water partition coefficient (Wildman–Crippen LogP) is 1.58. The van der Waals surface area contributed by atoms with Crippen LogP contribution in [0, 0.1) is 12.8 Å². The standard InChI is InChI=1S/C22H29N5O/c1-3-18-15(2)19(25-24-18)21(28)23-20-16-11-26-9-10-27(12-16)14-22(20,13-26)17-7-5-4-6-8-17/h4-8,16,20H,3,9-14H2,1-2H3,(H,23,28)(H,24,25)/t16?,20-,22?/m0/s1. The van der Waals surface area contributed by atoms with E-state index in [4.69, 9.17) is 0 Å². The normalized spacial score (nSPS) is 33.6. The molecule has 6 heteroatoms. The van der Waals surface area contributed by atoms with Crippen molar-refractivity contribution in [2.75, 3.05) is 39.3 Å². The van der Waals surface area contributed by atoms with Gasteiger partial charge in [-0.15, -0.1) is 0 Å². The Kier molecular flexibility index (Phi) is 4.29. The molecule has 4 saturated heterocycles. The lowest BCUT2D eigenvalue weighted by Crippen LogP contribution is -2.70. The van der Waals surface area contributed by atoms with Crippen molar-refractivity contribution in [3.63, 3.8) is 0 Å². The summed E-state index contributed by atoms with van der Waals surface area (Å²) in [4.78, 5) is 18.4. The van der Waals surface area contributed by atoms with Gasteiger partial charge in [0.2, 0.25) is 0 Å². The van der Waals surface area contributed by atoms with Crippen LogP contribution >= 0.6 is 0 Å². The molecule has 1 aromatic heterocycles. The molecule has 2 aromatic rings. The van der Waals surface area contributed by atoms with Gasteiger partial charge in [-0.1, -0.05) is 37.3 Å². The molecule has 0 radical (unpaired) electrons. The Morgan fingerprint density at radius 1 is 1.21 bits per heavy atom. The molecule has 1 aromatic carbocycles. The molecule has 4 fully saturated rings. The Morgan fingerprint density at radius 2 is 1.89 bits per heavy atom. The molecule has 3 atom stereocenters. The van der Waals surface area contributed by atoms with Crippen LogP contribution in [0.3, 0.4) is 0 Å². The molecule has 28 heavy (non-hydrogen) atoms. The maximum atomic E-state index is 13.2. The molecule has 6 nitrogen and oxygen atoms in total.